The second-order valence-electron chi connectivity index (χ2n) is 1.83. The van der Waals surface area contributed by atoms with Gasteiger partial charge in [-0.3, -0.25) is 4.98 Å². The van der Waals surface area contributed by atoms with Crippen LogP contribution < -0.4 is 5.73 Å². The molecule has 2 nitrogen and oxygen atoms in total. The van der Waals surface area contributed by atoms with Crippen molar-refractivity contribution in [2.45, 2.75) is 4.90 Å². The van der Waals surface area contributed by atoms with Crippen molar-refractivity contribution in [3.63, 3.8) is 0 Å². The molecule has 0 atom stereocenters. The lowest BCUT2D eigenvalue weighted by molar-refractivity contribution is 1.14. The molecule has 0 aliphatic rings. The van der Waals surface area contributed by atoms with Crippen LogP contribution in [0.1, 0.15) is 0 Å². The molecule has 0 unspecified atom stereocenters. The van der Waals surface area contributed by atoms with Crippen LogP contribution in [0.2, 0.25) is 0 Å². The highest BCUT2D eigenvalue weighted by molar-refractivity contribution is 7.99. The molecule has 10 heavy (non-hydrogen) atoms. The van der Waals surface area contributed by atoms with Crippen LogP contribution >= 0.6 is 11.8 Å². The quantitative estimate of drug-likeness (QED) is 0.663. The zero-order valence-corrected chi connectivity index (χ0v) is 6.47. The van der Waals surface area contributed by atoms with Gasteiger partial charge in [-0.25, -0.2) is 0 Å². The van der Waals surface area contributed by atoms with E-state index < -0.39 is 0 Å². The van der Waals surface area contributed by atoms with Gasteiger partial charge in [0.2, 0.25) is 0 Å². The molecule has 0 aliphatic carbocycles. The maximum absolute atomic E-state index is 5.34. The summed E-state index contributed by atoms with van der Waals surface area (Å²) in [5.74, 6) is 0.964. The first kappa shape index (κ1) is 7.57. The van der Waals surface area contributed by atoms with Crippen molar-refractivity contribution >= 4 is 11.8 Å². The van der Waals surface area contributed by atoms with Crippen molar-refractivity contribution in [2.75, 3.05) is 12.3 Å². The van der Waals surface area contributed by atoms with E-state index in [9.17, 15) is 0 Å². The molecule has 0 saturated carbocycles. The molecule has 1 heterocycles. The lowest BCUT2D eigenvalue weighted by Gasteiger charge is -1.95. The van der Waals surface area contributed by atoms with Gasteiger partial charge in [0.15, 0.2) is 0 Å². The third-order valence-electron chi connectivity index (χ3n) is 1.02. The number of hydrogen-bond acceptors (Lipinski definition) is 3. The molecule has 0 spiro atoms. The molecule has 1 aromatic heterocycles. The fourth-order valence-corrected chi connectivity index (χ4v) is 1.27. The van der Waals surface area contributed by atoms with Crippen molar-refractivity contribution in [2.24, 2.45) is 5.73 Å². The highest BCUT2D eigenvalue weighted by Gasteiger charge is 1.88. The first-order chi connectivity index (χ1) is 4.93. The molecule has 0 amide bonds. The standard InChI is InChI=1S/C7H10N2S/c8-3-5-10-7-2-1-4-9-6-7/h1-2,4,6H,3,5,8H2. The molecule has 2 N–H and O–H groups in total. The average Bonchev–Trinajstić information content (AvgIpc) is 2.03. The van der Waals surface area contributed by atoms with Crippen LogP contribution in [0.3, 0.4) is 0 Å². The predicted molar refractivity (Wildman–Crippen MR) is 44.0 cm³/mol. The molecule has 0 saturated heterocycles. The fraction of sp³-hybridized carbons (Fsp3) is 0.286. The summed E-state index contributed by atoms with van der Waals surface area (Å²) in [6, 6.07) is 3.96. The van der Waals surface area contributed by atoms with Gasteiger partial charge < -0.3 is 5.73 Å². The zero-order chi connectivity index (χ0) is 7.23. The van der Waals surface area contributed by atoms with Crippen molar-refractivity contribution in [3.8, 4) is 0 Å². The van der Waals surface area contributed by atoms with Crippen LogP contribution in [0.15, 0.2) is 29.4 Å². The number of rotatable bonds is 3. The monoisotopic (exact) mass is 154 g/mol. The summed E-state index contributed by atoms with van der Waals surface area (Å²) >= 11 is 1.73. The van der Waals surface area contributed by atoms with Gasteiger partial charge >= 0.3 is 0 Å². The molecule has 1 aromatic rings. The Morgan fingerprint density at radius 2 is 2.50 bits per heavy atom. The van der Waals surface area contributed by atoms with E-state index in [0.717, 1.165) is 12.3 Å². The number of nitrogens with two attached hydrogens (primary N) is 1. The Morgan fingerprint density at radius 3 is 3.10 bits per heavy atom. The van der Waals surface area contributed by atoms with E-state index in [1.165, 1.54) is 4.90 Å². The van der Waals surface area contributed by atoms with Gasteiger partial charge in [0, 0.05) is 29.6 Å². The highest BCUT2D eigenvalue weighted by atomic mass is 32.2. The summed E-state index contributed by atoms with van der Waals surface area (Å²) in [4.78, 5) is 5.16. The van der Waals surface area contributed by atoms with E-state index in [2.05, 4.69) is 4.98 Å². The maximum atomic E-state index is 5.34. The van der Waals surface area contributed by atoms with Crippen LogP contribution in [0.25, 0.3) is 0 Å². The van der Waals surface area contributed by atoms with Gasteiger partial charge in [-0.1, -0.05) is 0 Å². The van der Waals surface area contributed by atoms with Crippen LogP contribution in [0.5, 0.6) is 0 Å². The maximum Gasteiger partial charge on any atom is 0.0403 e. The van der Waals surface area contributed by atoms with Crippen LogP contribution in [-0.2, 0) is 0 Å². The summed E-state index contributed by atoms with van der Waals surface area (Å²) in [7, 11) is 0. The molecule has 3 heteroatoms. The van der Waals surface area contributed by atoms with Crippen molar-refractivity contribution in [1.29, 1.82) is 0 Å². The van der Waals surface area contributed by atoms with E-state index in [0.29, 0.717) is 0 Å². The molecule has 54 valence electrons. The first-order valence-corrected chi connectivity index (χ1v) is 4.15. The molecular weight excluding hydrogens is 144 g/mol. The van der Waals surface area contributed by atoms with Gasteiger partial charge in [-0.2, -0.15) is 0 Å². The first-order valence-electron chi connectivity index (χ1n) is 3.16. The minimum atomic E-state index is 0.722. The molecule has 0 radical (unpaired) electrons. The third kappa shape index (κ3) is 2.37. The topological polar surface area (TPSA) is 38.9 Å². The van der Waals surface area contributed by atoms with E-state index in [1.54, 1.807) is 18.0 Å². The summed E-state index contributed by atoms with van der Waals surface area (Å²) < 4.78 is 0. The Hall–Kier alpha value is -0.540. The molecule has 0 aliphatic heterocycles. The predicted octanol–water partition coefficient (Wildman–Crippen LogP) is 1.13. The molecule has 0 fully saturated rings. The van der Waals surface area contributed by atoms with Crippen LogP contribution in [0.4, 0.5) is 0 Å². The summed E-state index contributed by atoms with van der Waals surface area (Å²) in [5.41, 5.74) is 5.34. The summed E-state index contributed by atoms with van der Waals surface area (Å²) in [5, 5.41) is 0. The number of nitrogens with zero attached hydrogens (tertiary/aromatic N) is 1. The van der Waals surface area contributed by atoms with Gasteiger partial charge in [-0.05, 0) is 12.1 Å². The fourth-order valence-electron chi connectivity index (χ4n) is 0.609. The summed E-state index contributed by atoms with van der Waals surface area (Å²) in [6.45, 7) is 0.722. The normalized spacial score (nSPS) is 9.70. The molecule has 0 aromatic carbocycles. The third-order valence-corrected chi connectivity index (χ3v) is 2.04. The highest BCUT2D eigenvalue weighted by Crippen LogP contribution is 2.13. The average molecular weight is 154 g/mol. The molecule has 0 bridgehead atoms. The minimum Gasteiger partial charge on any atom is -0.330 e. The lowest BCUT2D eigenvalue weighted by atomic mass is 10.5. The SMILES string of the molecule is NCCSc1cccnc1. The van der Waals surface area contributed by atoms with E-state index in [1.807, 2.05) is 18.3 Å². The second kappa shape index (κ2) is 4.30. The van der Waals surface area contributed by atoms with Gasteiger partial charge in [0.1, 0.15) is 0 Å². The Morgan fingerprint density at radius 1 is 1.60 bits per heavy atom. The number of aromatic nitrogens is 1. The zero-order valence-electron chi connectivity index (χ0n) is 5.66. The largest absolute Gasteiger partial charge is 0.330 e. The number of pyridine rings is 1. The molecule has 1 rings (SSSR count). The van der Waals surface area contributed by atoms with Crippen molar-refractivity contribution in [3.05, 3.63) is 24.5 Å². The number of hydrogen-bond donors (Lipinski definition) is 1. The van der Waals surface area contributed by atoms with Crippen LogP contribution in [-0.4, -0.2) is 17.3 Å². The van der Waals surface area contributed by atoms with Gasteiger partial charge in [0.05, 0.1) is 0 Å². The smallest absolute Gasteiger partial charge is 0.0403 e. The Bertz CT molecular complexity index is 176. The Labute approximate surface area is 64.8 Å². The Kier molecular flexibility index (Phi) is 3.26. The van der Waals surface area contributed by atoms with Gasteiger partial charge in [-0.15, -0.1) is 11.8 Å². The lowest BCUT2D eigenvalue weighted by Crippen LogP contribution is -2.00. The van der Waals surface area contributed by atoms with E-state index in [4.69, 9.17) is 5.73 Å². The second-order valence-corrected chi connectivity index (χ2v) is 2.99. The number of thioether (sulfide) groups is 1. The minimum absolute atomic E-state index is 0.722. The molecular formula is C7H10N2S. The van der Waals surface area contributed by atoms with Gasteiger partial charge in [0.25, 0.3) is 0 Å². The van der Waals surface area contributed by atoms with Crippen LogP contribution in [0, 0.1) is 0 Å². The Balaban J connectivity index is 2.43. The summed E-state index contributed by atoms with van der Waals surface area (Å²) in [6.07, 6.45) is 3.62. The van der Waals surface area contributed by atoms with Crippen molar-refractivity contribution in [1.82, 2.24) is 4.98 Å². The van der Waals surface area contributed by atoms with E-state index in [-0.39, 0.29) is 0 Å². The van der Waals surface area contributed by atoms with E-state index >= 15 is 0 Å². The van der Waals surface area contributed by atoms with Crippen molar-refractivity contribution < 1.29 is 0 Å².